The van der Waals surface area contributed by atoms with Crippen molar-refractivity contribution in [3.8, 4) is 0 Å². The fourth-order valence-electron chi connectivity index (χ4n) is 1.01. The third-order valence-corrected chi connectivity index (χ3v) is 2.71. The van der Waals surface area contributed by atoms with Gasteiger partial charge in [-0.3, -0.25) is 4.55 Å². The molecule has 1 rings (SSSR count). The maximum absolute atomic E-state index is 10.8. The Morgan fingerprint density at radius 2 is 1.93 bits per heavy atom. The summed E-state index contributed by atoms with van der Waals surface area (Å²) in [6, 6.07) is 3.52. The third kappa shape index (κ3) is 2.09. The largest absolute Gasteiger partial charge is 0.478 e. The van der Waals surface area contributed by atoms with Gasteiger partial charge in [0.25, 0.3) is 10.1 Å². The molecule has 6 heteroatoms. The highest BCUT2D eigenvalue weighted by Crippen LogP contribution is 2.16. The zero-order valence-electron chi connectivity index (χ0n) is 7.26. The van der Waals surface area contributed by atoms with E-state index in [1.165, 1.54) is 19.1 Å². The molecule has 0 aromatic heterocycles. The number of carboxylic acids is 1. The quantitative estimate of drug-likeness (QED) is 0.718. The summed E-state index contributed by atoms with van der Waals surface area (Å²) >= 11 is 0. The van der Waals surface area contributed by atoms with Gasteiger partial charge in [-0.25, -0.2) is 4.79 Å². The molecule has 0 unspecified atom stereocenters. The first-order chi connectivity index (χ1) is 6.32. The van der Waals surface area contributed by atoms with Gasteiger partial charge in [-0.2, -0.15) is 8.42 Å². The maximum Gasteiger partial charge on any atom is 0.335 e. The third-order valence-electron chi connectivity index (χ3n) is 1.71. The number of aromatic carboxylic acids is 1. The van der Waals surface area contributed by atoms with Crippen molar-refractivity contribution in [2.75, 3.05) is 0 Å². The van der Waals surface area contributed by atoms with E-state index in [2.05, 4.69) is 0 Å². The number of aryl methyl sites for hydroxylation is 1. The van der Waals surface area contributed by atoms with Crippen LogP contribution in [0.1, 0.15) is 15.9 Å². The Labute approximate surface area is 80.7 Å². The van der Waals surface area contributed by atoms with Crippen LogP contribution in [0.15, 0.2) is 23.1 Å². The fourth-order valence-corrected chi connectivity index (χ4v) is 1.76. The van der Waals surface area contributed by atoms with E-state index >= 15 is 0 Å². The molecule has 0 saturated heterocycles. The number of hydrogen-bond acceptors (Lipinski definition) is 3. The van der Waals surface area contributed by atoms with Crippen LogP contribution in [0.2, 0.25) is 0 Å². The Bertz CT molecular complexity index is 475. The molecule has 1 aromatic carbocycles. The molecule has 0 amide bonds. The molecule has 0 aliphatic rings. The molecule has 14 heavy (non-hydrogen) atoms. The van der Waals surface area contributed by atoms with E-state index in [9.17, 15) is 13.2 Å². The molecule has 76 valence electrons. The summed E-state index contributed by atoms with van der Waals surface area (Å²) in [5.74, 6) is -1.24. The van der Waals surface area contributed by atoms with Crippen molar-refractivity contribution < 1.29 is 22.9 Å². The van der Waals surface area contributed by atoms with Gasteiger partial charge in [0.1, 0.15) is 0 Å². The van der Waals surface area contributed by atoms with Crippen molar-refractivity contribution in [1.82, 2.24) is 0 Å². The van der Waals surface area contributed by atoms with Gasteiger partial charge in [0.05, 0.1) is 10.5 Å². The van der Waals surface area contributed by atoms with E-state index in [-0.39, 0.29) is 10.5 Å². The molecule has 2 N–H and O–H groups in total. The monoisotopic (exact) mass is 216 g/mol. The molecule has 0 bridgehead atoms. The van der Waals surface area contributed by atoms with Gasteiger partial charge in [0.2, 0.25) is 0 Å². The van der Waals surface area contributed by atoms with Crippen LogP contribution in [-0.2, 0) is 10.1 Å². The molecule has 0 fully saturated rings. The van der Waals surface area contributed by atoms with E-state index < -0.39 is 16.1 Å². The summed E-state index contributed by atoms with van der Waals surface area (Å²) < 4.78 is 30.3. The predicted molar refractivity (Wildman–Crippen MR) is 48.0 cm³/mol. The first-order valence-electron chi connectivity index (χ1n) is 3.64. The summed E-state index contributed by atoms with van der Waals surface area (Å²) in [7, 11) is -4.35. The van der Waals surface area contributed by atoms with Crippen LogP contribution < -0.4 is 0 Å². The SMILES string of the molecule is Cc1ccc(C(=O)O)cc1S(=O)(=O)O. The van der Waals surface area contributed by atoms with E-state index in [4.69, 9.17) is 9.66 Å². The van der Waals surface area contributed by atoms with Crippen LogP contribution in [-0.4, -0.2) is 24.0 Å². The fraction of sp³-hybridized carbons (Fsp3) is 0.125. The number of carbonyl (C=O) groups is 1. The molecule has 1 aromatic rings. The van der Waals surface area contributed by atoms with Gasteiger partial charge < -0.3 is 5.11 Å². The van der Waals surface area contributed by atoms with Gasteiger partial charge in [-0.05, 0) is 24.6 Å². The second-order valence-electron chi connectivity index (χ2n) is 2.76. The van der Waals surface area contributed by atoms with Gasteiger partial charge in [-0.15, -0.1) is 0 Å². The van der Waals surface area contributed by atoms with Crippen molar-refractivity contribution >= 4 is 16.1 Å². The molecule has 0 spiro atoms. The molecule has 0 aliphatic heterocycles. The molecular weight excluding hydrogens is 208 g/mol. The standard InChI is InChI=1S/C8H8O5S/c1-5-2-3-6(8(9)10)4-7(5)14(11,12)13/h2-4H,1H3,(H,9,10)(H,11,12,13). The molecule has 0 atom stereocenters. The van der Waals surface area contributed by atoms with Crippen LogP contribution >= 0.6 is 0 Å². The second kappa shape index (κ2) is 3.39. The lowest BCUT2D eigenvalue weighted by atomic mass is 10.1. The van der Waals surface area contributed by atoms with Crippen LogP contribution in [0.3, 0.4) is 0 Å². The van der Waals surface area contributed by atoms with Gasteiger partial charge >= 0.3 is 5.97 Å². The van der Waals surface area contributed by atoms with Gasteiger partial charge in [0.15, 0.2) is 0 Å². The van der Waals surface area contributed by atoms with Crippen molar-refractivity contribution in [2.45, 2.75) is 11.8 Å². The maximum atomic E-state index is 10.8. The molecule has 0 saturated carbocycles. The lowest BCUT2D eigenvalue weighted by Crippen LogP contribution is -2.04. The van der Waals surface area contributed by atoms with Crippen LogP contribution in [0.4, 0.5) is 0 Å². The predicted octanol–water partition coefficient (Wildman–Crippen LogP) is 0.940. The Balaban J connectivity index is 3.44. The average molecular weight is 216 g/mol. The van der Waals surface area contributed by atoms with E-state index in [0.717, 1.165) is 6.07 Å². The van der Waals surface area contributed by atoms with Gasteiger partial charge in [0, 0.05) is 0 Å². The highest BCUT2D eigenvalue weighted by atomic mass is 32.2. The highest BCUT2D eigenvalue weighted by molar-refractivity contribution is 7.85. The van der Waals surface area contributed by atoms with E-state index in [1.807, 2.05) is 0 Å². The molecule has 0 radical (unpaired) electrons. The highest BCUT2D eigenvalue weighted by Gasteiger charge is 2.15. The Hall–Kier alpha value is -1.40. The Kier molecular flexibility index (Phi) is 2.59. The summed E-state index contributed by atoms with van der Waals surface area (Å²) in [4.78, 5) is 10.1. The summed E-state index contributed by atoms with van der Waals surface area (Å²) in [6.45, 7) is 1.47. The first-order valence-corrected chi connectivity index (χ1v) is 5.08. The lowest BCUT2D eigenvalue weighted by molar-refractivity contribution is 0.0696. The zero-order chi connectivity index (χ0) is 10.9. The average Bonchev–Trinajstić information content (AvgIpc) is 2.02. The van der Waals surface area contributed by atoms with E-state index in [1.54, 1.807) is 0 Å². The first kappa shape index (κ1) is 10.7. The van der Waals surface area contributed by atoms with Crippen LogP contribution in [0.25, 0.3) is 0 Å². The molecule has 5 nitrogen and oxygen atoms in total. The molecule has 0 aliphatic carbocycles. The number of carboxylic acid groups (broad SMARTS) is 1. The normalized spacial score (nSPS) is 11.3. The Morgan fingerprint density at radius 1 is 1.36 bits per heavy atom. The summed E-state index contributed by atoms with van der Waals surface area (Å²) in [6.07, 6.45) is 0. The Morgan fingerprint density at radius 3 is 2.36 bits per heavy atom. The number of rotatable bonds is 2. The zero-order valence-corrected chi connectivity index (χ0v) is 8.08. The van der Waals surface area contributed by atoms with Crippen molar-refractivity contribution in [3.63, 3.8) is 0 Å². The van der Waals surface area contributed by atoms with Crippen molar-refractivity contribution in [2.24, 2.45) is 0 Å². The van der Waals surface area contributed by atoms with E-state index in [0.29, 0.717) is 5.56 Å². The molecular formula is C8H8O5S. The topological polar surface area (TPSA) is 91.7 Å². The van der Waals surface area contributed by atoms with Crippen LogP contribution in [0, 0.1) is 6.92 Å². The summed E-state index contributed by atoms with van der Waals surface area (Å²) in [5.41, 5.74) is 0.126. The molecule has 0 heterocycles. The second-order valence-corrected chi connectivity index (χ2v) is 4.15. The van der Waals surface area contributed by atoms with Crippen molar-refractivity contribution in [3.05, 3.63) is 29.3 Å². The van der Waals surface area contributed by atoms with Crippen LogP contribution in [0.5, 0.6) is 0 Å². The summed E-state index contributed by atoms with van der Waals surface area (Å²) in [5, 5.41) is 8.59. The number of benzene rings is 1. The minimum absolute atomic E-state index is 0.178. The van der Waals surface area contributed by atoms with Gasteiger partial charge in [-0.1, -0.05) is 6.07 Å². The number of hydrogen-bond donors (Lipinski definition) is 2. The minimum Gasteiger partial charge on any atom is -0.478 e. The lowest BCUT2D eigenvalue weighted by Gasteiger charge is -2.02. The van der Waals surface area contributed by atoms with Crippen molar-refractivity contribution in [1.29, 1.82) is 0 Å². The minimum atomic E-state index is -4.35. The smallest absolute Gasteiger partial charge is 0.335 e.